The molecule has 1 N–H and O–H groups in total. The number of para-hydroxylation sites is 1. The molecule has 0 bridgehead atoms. The third kappa shape index (κ3) is 8.18. The minimum atomic E-state index is -3.81. The Bertz CT molecular complexity index is 1390. The molecule has 8 heteroatoms. The molecule has 3 aromatic carbocycles. The van der Waals surface area contributed by atoms with Crippen LogP contribution in [0.25, 0.3) is 0 Å². The second kappa shape index (κ2) is 14.1. The zero-order valence-electron chi connectivity index (χ0n) is 24.2. The summed E-state index contributed by atoms with van der Waals surface area (Å²) in [6.45, 7) is 7.94. The van der Waals surface area contributed by atoms with E-state index in [0.717, 1.165) is 46.9 Å². The highest BCUT2D eigenvalue weighted by atomic mass is 32.2. The maximum atomic E-state index is 14.2. The Balaban J connectivity index is 2.08. The van der Waals surface area contributed by atoms with Crippen LogP contribution in [-0.2, 0) is 32.6 Å². The molecule has 0 fully saturated rings. The summed E-state index contributed by atoms with van der Waals surface area (Å²) in [4.78, 5) is 29.4. The molecule has 0 heterocycles. The van der Waals surface area contributed by atoms with E-state index in [1.54, 1.807) is 4.90 Å². The highest BCUT2D eigenvalue weighted by Crippen LogP contribution is 2.27. The summed E-state index contributed by atoms with van der Waals surface area (Å²) in [6, 6.07) is 22.0. The molecule has 0 aliphatic rings. The minimum absolute atomic E-state index is 0.175. The quantitative estimate of drug-likeness (QED) is 0.299. The number of benzene rings is 3. The third-order valence-corrected chi connectivity index (χ3v) is 8.18. The molecule has 0 saturated heterocycles. The number of amides is 2. The first kappa shape index (κ1) is 30.9. The fraction of sp³-hybridized carbons (Fsp3) is 0.375. The zero-order valence-corrected chi connectivity index (χ0v) is 25.0. The van der Waals surface area contributed by atoms with Crippen LogP contribution < -0.4 is 9.62 Å². The van der Waals surface area contributed by atoms with Crippen LogP contribution in [0.15, 0.2) is 72.8 Å². The van der Waals surface area contributed by atoms with E-state index in [-0.39, 0.29) is 12.5 Å². The molecule has 0 saturated carbocycles. The lowest BCUT2D eigenvalue weighted by Crippen LogP contribution is -2.53. The zero-order chi connectivity index (χ0) is 29.3. The first-order valence-electron chi connectivity index (χ1n) is 13.7. The summed E-state index contributed by atoms with van der Waals surface area (Å²) < 4.78 is 27.3. The van der Waals surface area contributed by atoms with Crippen LogP contribution in [0.2, 0.25) is 0 Å². The van der Waals surface area contributed by atoms with Crippen molar-refractivity contribution in [1.29, 1.82) is 0 Å². The summed E-state index contributed by atoms with van der Waals surface area (Å²) in [5, 5.41) is 3.01. The average Bonchev–Trinajstić information content (AvgIpc) is 2.91. The number of unbranched alkanes of at least 4 members (excludes halogenated alkanes) is 1. The van der Waals surface area contributed by atoms with Crippen molar-refractivity contribution >= 4 is 27.5 Å². The summed E-state index contributed by atoms with van der Waals surface area (Å²) in [5.41, 5.74) is 4.79. The predicted molar refractivity (Wildman–Crippen MR) is 162 cm³/mol. The summed E-state index contributed by atoms with van der Waals surface area (Å²) in [6.07, 6.45) is 3.16. The third-order valence-electron chi connectivity index (χ3n) is 7.07. The number of anilines is 1. The lowest BCUT2D eigenvalue weighted by Gasteiger charge is -2.34. The van der Waals surface area contributed by atoms with Gasteiger partial charge in [0.05, 0.1) is 11.9 Å². The molecule has 0 aromatic heterocycles. The molecule has 0 unspecified atom stereocenters. The Hall–Kier alpha value is -3.65. The van der Waals surface area contributed by atoms with Gasteiger partial charge in [-0.15, -0.1) is 0 Å². The molecule has 214 valence electrons. The van der Waals surface area contributed by atoms with E-state index in [9.17, 15) is 18.0 Å². The Morgan fingerprint density at radius 2 is 1.45 bits per heavy atom. The molecule has 0 aliphatic carbocycles. The van der Waals surface area contributed by atoms with Crippen molar-refractivity contribution in [3.05, 3.63) is 101 Å². The van der Waals surface area contributed by atoms with Crippen molar-refractivity contribution < 1.29 is 18.0 Å². The first-order chi connectivity index (χ1) is 19.0. The van der Waals surface area contributed by atoms with Crippen molar-refractivity contribution in [2.75, 3.05) is 23.7 Å². The molecule has 0 spiro atoms. The van der Waals surface area contributed by atoms with Crippen LogP contribution in [-0.4, -0.2) is 50.5 Å². The number of aryl methyl sites for hydroxylation is 3. The number of carbonyl (C=O) groups excluding carboxylic acids is 2. The van der Waals surface area contributed by atoms with Gasteiger partial charge in [0.25, 0.3) is 0 Å². The van der Waals surface area contributed by atoms with Crippen LogP contribution in [0.1, 0.15) is 47.6 Å². The molecule has 2 amide bonds. The minimum Gasteiger partial charge on any atom is -0.354 e. The van der Waals surface area contributed by atoms with Gasteiger partial charge in [0.2, 0.25) is 21.8 Å². The number of nitrogens with zero attached hydrogens (tertiary/aromatic N) is 2. The van der Waals surface area contributed by atoms with Gasteiger partial charge in [-0.3, -0.25) is 13.9 Å². The smallest absolute Gasteiger partial charge is 0.244 e. The van der Waals surface area contributed by atoms with E-state index in [1.165, 1.54) is 4.31 Å². The molecular weight excluding hydrogens is 522 g/mol. The van der Waals surface area contributed by atoms with Gasteiger partial charge in [0, 0.05) is 19.5 Å². The maximum Gasteiger partial charge on any atom is 0.244 e. The van der Waals surface area contributed by atoms with Gasteiger partial charge in [-0.1, -0.05) is 86.1 Å². The second-order valence-electron chi connectivity index (χ2n) is 10.3. The fourth-order valence-electron chi connectivity index (χ4n) is 4.81. The monoisotopic (exact) mass is 563 g/mol. The SMILES string of the molecule is CCCCNC(=O)[C@H](Cc1ccccc1)N(Cc1ccccc1C)C(=O)CN(c1c(C)cccc1C)S(C)(=O)=O. The van der Waals surface area contributed by atoms with E-state index in [2.05, 4.69) is 12.2 Å². The highest BCUT2D eigenvalue weighted by molar-refractivity contribution is 7.92. The van der Waals surface area contributed by atoms with Gasteiger partial charge in [0.15, 0.2) is 0 Å². The van der Waals surface area contributed by atoms with Crippen LogP contribution in [0.3, 0.4) is 0 Å². The van der Waals surface area contributed by atoms with Crippen molar-refractivity contribution in [1.82, 2.24) is 10.2 Å². The number of carbonyl (C=O) groups is 2. The van der Waals surface area contributed by atoms with Gasteiger partial charge in [-0.05, 0) is 55.0 Å². The standard InChI is InChI=1S/C32H41N3O4S/c1-6-7-20-33-32(37)29(21-27-17-9-8-10-18-27)34(22-28-19-12-11-14-24(28)2)30(36)23-35(40(5,38)39)31-25(3)15-13-16-26(31)4/h8-19,29H,6-7,20-23H2,1-5H3,(H,33,37)/t29-/m0/s1. The van der Waals surface area contributed by atoms with Crippen LogP contribution in [0.5, 0.6) is 0 Å². The van der Waals surface area contributed by atoms with E-state index < -0.39 is 28.5 Å². The van der Waals surface area contributed by atoms with Crippen LogP contribution >= 0.6 is 0 Å². The fourth-order valence-corrected chi connectivity index (χ4v) is 5.77. The van der Waals surface area contributed by atoms with Gasteiger partial charge in [-0.2, -0.15) is 0 Å². The molecule has 3 rings (SSSR count). The number of hydrogen-bond donors (Lipinski definition) is 1. The maximum absolute atomic E-state index is 14.2. The van der Waals surface area contributed by atoms with E-state index >= 15 is 0 Å². The van der Waals surface area contributed by atoms with E-state index in [0.29, 0.717) is 18.7 Å². The van der Waals surface area contributed by atoms with Gasteiger partial charge >= 0.3 is 0 Å². The van der Waals surface area contributed by atoms with Crippen LogP contribution in [0, 0.1) is 20.8 Å². The normalized spacial score (nSPS) is 12.0. The average molecular weight is 564 g/mol. The number of nitrogens with one attached hydrogen (secondary N) is 1. The molecule has 40 heavy (non-hydrogen) atoms. The van der Waals surface area contributed by atoms with E-state index in [1.807, 2.05) is 93.6 Å². The van der Waals surface area contributed by atoms with Crippen molar-refractivity contribution in [2.45, 2.75) is 59.5 Å². The molecule has 7 nitrogen and oxygen atoms in total. The van der Waals surface area contributed by atoms with Gasteiger partial charge in [0.1, 0.15) is 12.6 Å². The summed E-state index contributed by atoms with van der Waals surface area (Å²) in [7, 11) is -3.81. The Morgan fingerprint density at radius 3 is 2.05 bits per heavy atom. The molecule has 1 atom stereocenters. The summed E-state index contributed by atoms with van der Waals surface area (Å²) >= 11 is 0. The van der Waals surface area contributed by atoms with Crippen molar-refractivity contribution in [3.63, 3.8) is 0 Å². The predicted octanol–water partition coefficient (Wildman–Crippen LogP) is 4.93. The number of rotatable bonds is 13. The van der Waals surface area contributed by atoms with Crippen LogP contribution in [0.4, 0.5) is 5.69 Å². The molecule has 0 aliphatic heterocycles. The largest absolute Gasteiger partial charge is 0.354 e. The summed E-state index contributed by atoms with van der Waals surface area (Å²) in [5.74, 6) is -0.694. The number of sulfonamides is 1. The highest BCUT2D eigenvalue weighted by Gasteiger charge is 2.33. The Morgan fingerprint density at radius 1 is 0.850 bits per heavy atom. The molecular formula is C32H41N3O4S. The van der Waals surface area contributed by atoms with Gasteiger partial charge in [-0.25, -0.2) is 8.42 Å². The van der Waals surface area contributed by atoms with E-state index in [4.69, 9.17) is 0 Å². The van der Waals surface area contributed by atoms with Gasteiger partial charge < -0.3 is 10.2 Å². The number of hydrogen-bond acceptors (Lipinski definition) is 4. The lowest BCUT2D eigenvalue weighted by molar-refractivity contribution is -0.140. The second-order valence-corrected chi connectivity index (χ2v) is 12.2. The lowest BCUT2D eigenvalue weighted by atomic mass is 10.0. The first-order valence-corrected chi connectivity index (χ1v) is 15.6. The van der Waals surface area contributed by atoms with Crippen molar-refractivity contribution in [2.24, 2.45) is 0 Å². The van der Waals surface area contributed by atoms with Crippen molar-refractivity contribution in [3.8, 4) is 0 Å². The Labute approximate surface area is 239 Å². The molecule has 0 radical (unpaired) electrons. The Kier molecular flexibility index (Phi) is 10.9. The molecule has 3 aromatic rings. The topological polar surface area (TPSA) is 86.8 Å².